The summed E-state index contributed by atoms with van der Waals surface area (Å²) in [4.78, 5) is 27.7. The maximum absolute atomic E-state index is 13.0. The molecule has 1 N–H and O–H groups in total. The van der Waals surface area contributed by atoms with Crippen LogP contribution >= 0.6 is 0 Å². The van der Waals surface area contributed by atoms with Gasteiger partial charge in [0.2, 0.25) is 0 Å². The highest BCUT2D eigenvalue weighted by Gasteiger charge is 2.34. The van der Waals surface area contributed by atoms with Gasteiger partial charge in [-0.2, -0.15) is 5.10 Å². The van der Waals surface area contributed by atoms with Gasteiger partial charge >= 0.3 is 0 Å². The summed E-state index contributed by atoms with van der Waals surface area (Å²) in [6.45, 7) is 4.03. The summed E-state index contributed by atoms with van der Waals surface area (Å²) in [5.41, 5.74) is 2.31. The van der Waals surface area contributed by atoms with Crippen molar-refractivity contribution < 1.29 is 14.3 Å². The quantitative estimate of drug-likeness (QED) is 0.691. The van der Waals surface area contributed by atoms with Crippen LogP contribution in [0.15, 0.2) is 59.7 Å². The van der Waals surface area contributed by atoms with Crippen molar-refractivity contribution in [3.8, 4) is 5.75 Å². The standard InChI is InChI=1S/C25H30N4O3/c1-18(30)23-16-22(27-29(23)20-10-4-3-5-11-20)25(31)26-17-24(28-13-6-7-14-28)19-9-8-12-21(15-19)32-2/h3-5,8-12,15,23-24H,6-7,13-14,16-17H2,1-2H3,(H,26,31). The second-order valence-corrected chi connectivity index (χ2v) is 8.30. The number of nitrogens with one attached hydrogen (secondary N) is 1. The van der Waals surface area contributed by atoms with Crippen LogP contribution in [0.5, 0.6) is 5.75 Å². The van der Waals surface area contributed by atoms with E-state index in [1.165, 1.54) is 0 Å². The fourth-order valence-electron chi connectivity index (χ4n) is 4.43. The molecule has 2 aromatic rings. The highest BCUT2D eigenvalue weighted by Crippen LogP contribution is 2.28. The molecule has 2 aliphatic rings. The molecule has 2 heterocycles. The van der Waals surface area contributed by atoms with Gasteiger partial charge < -0.3 is 10.1 Å². The summed E-state index contributed by atoms with van der Waals surface area (Å²) >= 11 is 0. The lowest BCUT2D eigenvalue weighted by atomic mass is 10.0. The molecule has 0 saturated carbocycles. The number of hydrogen-bond donors (Lipinski definition) is 1. The molecule has 0 radical (unpaired) electrons. The fraction of sp³-hybridized carbons (Fsp3) is 0.400. The average Bonchev–Trinajstić information content (AvgIpc) is 3.51. The van der Waals surface area contributed by atoms with E-state index in [2.05, 4.69) is 21.4 Å². The molecule has 7 nitrogen and oxygen atoms in total. The lowest BCUT2D eigenvalue weighted by molar-refractivity contribution is -0.118. The monoisotopic (exact) mass is 434 g/mol. The Kier molecular flexibility index (Phi) is 6.85. The molecule has 0 bridgehead atoms. The van der Waals surface area contributed by atoms with Crippen molar-refractivity contribution in [1.29, 1.82) is 0 Å². The third kappa shape index (κ3) is 4.83. The van der Waals surface area contributed by atoms with Crippen molar-refractivity contribution in [2.75, 3.05) is 31.8 Å². The number of ether oxygens (including phenoxy) is 1. The molecular weight excluding hydrogens is 404 g/mol. The minimum Gasteiger partial charge on any atom is -0.497 e. The fourth-order valence-corrected chi connectivity index (χ4v) is 4.43. The molecule has 1 fully saturated rings. The number of anilines is 1. The summed E-state index contributed by atoms with van der Waals surface area (Å²) in [7, 11) is 1.66. The van der Waals surface area contributed by atoms with Gasteiger partial charge in [-0.3, -0.25) is 19.5 Å². The number of ketones is 1. The van der Waals surface area contributed by atoms with Gasteiger partial charge in [0, 0.05) is 13.0 Å². The van der Waals surface area contributed by atoms with Crippen molar-refractivity contribution in [1.82, 2.24) is 10.2 Å². The number of Topliss-reactive ketones (excluding diaryl/α,β-unsaturated/α-hetero) is 1. The molecule has 7 heteroatoms. The lowest BCUT2D eigenvalue weighted by Crippen LogP contribution is -2.39. The van der Waals surface area contributed by atoms with E-state index in [0.717, 1.165) is 42.9 Å². The zero-order chi connectivity index (χ0) is 22.5. The van der Waals surface area contributed by atoms with E-state index in [9.17, 15) is 9.59 Å². The van der Waals surface area contributed by atoms with Crippen molar-refractivity contribution in [3.63, 3.8) is 0 Å². The largest absolute Gasteiger partial charge is 0.497 e. The zero-order valence-electron chi connectivity index (χ0n) is 18.7. The van der Waals surface area contributed by atoms with E-state index < -0.39 is 6.04 Å². The SMILES string of the molecule is COc1cccc(C(CNC(=O)C2=NN(c3ccccc3)C(C(C)=O)C2)N2CCCC2)c1. The molecule has 2 aliphatic heterocycles. The van der Waals surface area contributed by atoms with Crippen molar-refractivity contribution in [3.05, 3.63) is 60.2 Å². The van der Waals surface area contributed by atoms with E-state index in [0.29, 0.717) is 18.7 Å². The zero-order valence-corrected chi connectivity index (χ0v) is 18.7. The van der Waals surface area contributed by atoms with Gasteiger partial charge in [-0.25, -0.2) is 0 Å². The Hall–Kier alpha value is -3.19. The second kappa shape index (κ2) is 9.96. The molecule has 1 saturated heterocycles. The number of carbonyl (C=O) groups excluding carboxylic acids is 2. The predicted molar refractivity (Wildman–Crippen MR) is 125 cm³/mol. The molecule has 0 spiro atoms. The highest BCUT2D eigenvalue weighted by molar-refractivity contribution is 6.40. The molecule has 1 amide bonds. The third-order valence-corrected chi connectivity index (χ3v) is 6.18. The van der Waals surface area contributed by atoms with Crippen LogP contribution in [0.1, 0.15) is 37.8 Å². The van der Waals surface area contributed by atoms with Crippen molar-refractivity contribution in [2.24, 2.45) is 5.10 Å². The second-order valence-electron chi connectivity index (χ2n) is 8.30. The number of amides is 1. The molecule has 32 heavy (non-hydrogen) atoms. The van der Waals surface area contributed by atoms with Gasteiger partial charge in [0.1, 0.15) is 17.5 Å². The van der Waals surface area contributed by atoms with Crippen LogP contribution in [-0.4, -0.2) is 55.1 Å². The number of nitrogens with zero attached hydrogens (tertiary/aromatic N) is 3. The van der Waals surface area contributed by atoms with E-state index in [4.69, 9.17) is 4.74 Å². The summed E-state index contributed by atoms with van der Waals surface area (Å²) in [5, 5.41) is 9.26. The Morgan fingerprint density at radius 3 is 2.56 bits per heavy atom. The van der Waals surface area contributed by atoms with Crippen LogP contribution in [0.4, 0.5) is 5.69 Å². The number of rotatable bonds is 8. The molecule has 0 aromatic heterocycles. The van der Waals surface area contributed by atoms with E-state index >= 15 is 0 Å². The Balaban J connectivity index is 1.49. The first kappa shape index (κ1) is 22.0. The molecule has 2 aromatic carbocycles. The van der Waals surface area contributed by atoms with Crippen LogP contribution in [0, 0.1) is 0 Å². The summed E-state index contributed by atoms with van der Waals surface area (Å²) in [6.07, 6.45) is 2.63. The summed E-state index contributed by atoms with van der Waals surface area (Å²) < 4.78 is 5.40. The summed E-state index contributed by atoms with van der Waals surface area (Å²) in [6, 6.07) is 17.1. The Morgan fingerprint density at radius 1 is 1.12 bits per heavy atom. The van der Waals surface area contributed by atoms with E-state index in [1.807, 2.05) is 48.5 Å². The van der Waals surface area contributed by atoms with Crippen LogP contribution in [0.3, 0.4) is 0 Å². The number of benzene rings is 2. The van der Waals surface area contributed by atoms with Gasteiger partial charge in [-0.1, -0.05) is 30.3 Å². The average molecular weight is 435 g/mol. The Bertz CT molecular complexity index is 986. The molecular formula is C25H30N4O3. The number of likely N-dealkylation sites (tertiary alicyclic amines) is 1. The first-order chi connectivity index (χ1) is 15.6. The maximum Gasteiger partial charge on any atom is 0.267 e. The van der Waals surface area contributed by atoms with Crippen molar-refractivity contribution in [2.45, 2.75) is 38.3 Å². The normalized spacial score (nSPS) is 19.5. The van der Waals surface area contributed by atoms with Gasteiger partial charge in [0.15, 0.2) is 5.78 Å². The van der Waals surface area contributed by atoms with Crippen molar-refractivity contribution >= 4 is 23.1 Å². The summed E-state index contributed by atoms with van der Waals surface area (Å²) in [5.74, 6) is 0.578. The number of para-hydroxylation sites is 1. The first-order valence-electron chi connectivity index (χ1n) is 11.1. The van der Waals surface area contributed by atoms with E-state index in [1.54, 1.807) is 19.0 Å². The minimum atomic E-state index is -0.453. The van der Waals surface area contributed by atoms with Crippen LogP contribution < -0.4 is 15.1 Å². The number of carbonyl (C=O) groups is 2. The van der Waals surface area contributed by atoms with Gasteiger partial charge in [0.05, 0.1) is 18.8 Å². The lowest BCUT2D eigenvalue weighted by Gasteiger charge is -2.28. The van der Waals surface area contributed by atoms with Gasteiger partial charge in [0.25, 0.3) is 5.91 Å². The number of hydrogen-bond acceptors (Lipinski definition) is 6. The predicted octanol–water partition coefficient (Wildman–Crippen LogP) is 3.17. The molecule has 4 rings (SSSR count). The molecule has 168 valence electrons. The topological polar surface area (TPSA) is 74.2 Å². The first-order valence-corrected chi connectivity index (χ1v) is 11.1. The minimum absolute atomic E-state index is 0.00766. The number of methoxy groups -OCH3 is 1. The van der Waals surface area contributed by atoms with Crippen LogP contribution in [0.25, 0.3) is 0 Å². The highest BCUT2D eigenvalue weighted by atomic mass is 16.5. The van der Waals surface area contributed by atoms with Crippen LogP contribution in [-0.2, 0) is 9.59 Å². The molecule has 2 atom stereocenters. The smallest absolute Gasteiger partial charge is 0.267 e. The third-order valence-electron chi connectivity index (χ3n) is 6.18. The Morgan fingerprint density at radius 2 is 1.88 bits per heavy atom. The maximum atomic E-state index is 13.0. The molecule has 2 unspecified atom stereocenters. The van der Waals surface area contributed by atoms with Gasteiger partial charge in [-0.15, -0.1) is 0 Å². The van der Waals surface area contributed by atoms with E-state index in [-0.39, 0.29) is 17.7 Å². The molecule has 0 aliphatic carbocycles. The van der Waals surface area contributed by atoms with Gasteiger partial charge in [-0.05, 0) is 62.7 Å². The number of hydrazone groups is 1. The Labute approximate surface area is 189 Å². The van der Waals surface area contributed by atoms with Crippen LogP contribution in [0.2, 0.25) is 0 Å².